The SMILES string of the molecule is CCC1COC(C)CN1CC(N)c1cccc(OC)c1. The molecule has 0 spiro atoms. The lowest BCUT2D eigenvalue weighted by Gasteiger charge is -2.39. The Morgan fingerprint density at radius 1 is 1.50 bits per heavy atom. The van der Waals surface area contributed by atoms with Gasteiger partial charge in [-0.3, -0.25) is 4.90 Å². The highest BCUT2D eigenvalue weighted by molar-refractivity contribution is 5.30. The molecule has 112 valence electrons. The standard InChI is InChI=1S/C16H26N2O2/c1-4-14-11-20-12(2)9-18(14)10-16(17)13-6-5-7-15(8-13)19-3/h5-8,12,14,16H,4,9-11,17H2,1-3H3. The molecule has 3 unspecified atom stereocenters. The first-order valence-electron chi connectivity index (χ1n) is 7.39. The summed E-state index contributed by atoms with van der Waals surface area (Å²) in [6.45, 7) is 6.95. The number of methoxy groups -OCH3 is 1. The summed E-state index contributed by atoms with van der Waals surface area (Å²) in [5, 5.41) is 0. The minimum Gasteiger partial charge on any atom is -0.497 e. The molecule has 0 bridgehead atoms. The van der Waals surface area contributed by atoms with Gasteiger partial charge in [-0.1, -0.05) is 19.1 Å². The monoisotopic (exact) mass is 278 g/mol. The molecule has 0 saturated carbocycles. The minimum absolute atomic E-state index is 0.00412. The smallest absolute Gasteiger partial charge is 0.119 e. The summed E-state index contributed by atoms with van der Waals surface area (Å²) in [7, 11) is 1.68. The summed E-state index contributed by atoms with van der Waals surface area (Å²) in [6.07, 6.45) is 1.38. The van der Waals surface area contributed by atoms with Crippen molar-refractivity contribution >= 4 is 0 Å². The number of nitrogens with zero attached hydrogens (tertiary/aromatic N) is 1. The summed E-state index contributed by atoms with van der Waals surface area (Å²) >= 11 is 0. The van der Waals surface area contributed by atoms with Crippen molar-refractivity contribution < 1.29 is 9.47 Å². The second kappa shape index (κ2) is 7.07. The quantitative estimate of drug-likeness (QED) is 0.897. The molecule has 1 aliphatic heterocycles. The van der Waals surface area contributed by atoms with Crippen LogP contribution in [0.1, 0.15) is 31.9 Å². The van der Waals surface area contributed by atoms with Gasteiger partial charge in [0.25, 0.3) is 0 Å². The number of benzene rings is 1. The summed E-state index contributed by atoms with van der Waals surface area (Å²) < 4.78 is 11.0. The Morgan fingerprint density at radius 3 is 3.00 bits per heavy atom. The van der Waals surface area contributed by atoms with Gasteiger partial charge in [0.05, 0.1) is 19.8 Å². The van der Waals surface area contributed by atoms with Gasteiger partial charge in [0.15, 0.2) is 0 Å². The lowest BCUT2D eigenvalue weighted by molar-refractivity contribution is -0.0575. The fourth-order valence-corrected chi connectivity index (χ4v) is 2.74. The van der Waals surface area contributed by atoms with E-state index in [2.05, 4.69) is 24.8 Å². The fraction of sp³-hybridized carbons (Fsp3) is 0.625. The third kappa shape index (κ3) is 3.72. The molecule has 2 rings (SSSR count). The average molecular weight is 278 g/mol. The molecule has 1 saturated heterocycles. The lowest BCUT2D eigenvalue weighted by Crippen LogP contribution is -2.50. The molecule has 0 aliphatic carbocycles. The number of rotatable bonds is 5. The number of morpholine rings is 1. The van der Waals surface area contributed by atoms with Gasteiger partial charge in [0.2, 0.25) is 0 Å². The molecule has 1 fully saturated rings. The average Bonchev–Trinajstić information content (AvgIpc) is 2.47. The van der Waals surface area contributed by atoms with E-state index in [0.29, 0.717) is 6.04 Å². The number of hydrogen-bond donors (Lipinski definition) is 1. The van der Waals surface area contributed by atoms with Gasteiger partial charge < -0.3 is 15.2 Å². The summed E-state index contributed by atoms with van der Waals surface area (Å²) in [5.74, 6) is 0.861. The zero-order valence-corrected chi connectivity index (χ0v) is 12.7. The Morgan fingerprint density at radius 2 is 2.30 bits per heavy atom. The van der Waals surface area contributed by atoms with Gasteiger partial charge in [0.1, 0.15) is 5.75 Å². The Labute approximate surface area is 121 Å². The van der Waals surface area contributed by atoms with Gasteiger partial charge in [-0.2, -0.15) is 0 Å². The predicted molar refractivity (Wildman–Crippen MR) is 81.0 cm³/mol. The molecule has 1 aliphatic rings. The van der Waals surface area contributed by atoms with Crippen molar-refractivity contribution in [3.05, 3.63) is 29.8 Å². The van der Waals surface area contributed by atoms with Crippen LogP contribution in [0.4, 0.5) is 0 Å². The molecular formula is C16H26N2O2. The van der Waals surface area contributed by atoms with Gasteiger partial charge in [-0.05, 0) is 31.0 Å². The maximum atomic E-state index is 6.37. The van der Waals surface area contributed by atoms with Crippen LogP contribution in [-0.2, 0) is 4.74 Å². The van der Waals surface area contributed by atoms with Crippen LogP contribution in [0, 0.1) is 0 Å². The van der Waals surface area contributed by atoms with Gasteiger partial charge in [0, 0.05) is 25.2 Å². The zero-order chi connectivity index (χ0) is 14.5. The minimum atomic E-state index is 0.00412. The van der Waals surface area contributed by atoms with Crippen LogP contribution >= 0.6 is 0 Å². The van der Waals surface area contributed by atoms with E-state index in [1.807, 2.05) is 18.2 Å². The molecule has 0 amide bonds. The van der Waals surface area contributed by atoms with Gasteiger partial charge in [-0.25, -0.2) is 0 Å². The Hall–Kier alpha value is -1.10. The predicted octanol–water partition coefficient (Wildman–Crippen LogP) is 2.19. The zero-order valence-electron chi connectivity index (χ0n) is 12.7. The third-order valence-corrected chi connectivity index (χ3v) is 4.01. The van der Waals surface area contributed by atoms with Crippen LogP contribution in [0.15, 0.2) is 24.3 Å². The first kappa shape index (κ1) is 15.3. The first-order chi connectivity index (χ1) is 9.63. The largest absolute Gasteiger partial charge is 0.497 e. The third-order valence-electron chi connectivity index (χ3n) is 4.01. The van der Waals surface area contributed by atoms with E-state index in [0.717, 1.165) is 37.4 Å². The summed E-state index contributed by atoms with van der Waals surface area (Å²) in [6, 6.07) is 8.51. The number of hydrogen-bond acceptors (Lipinski definition) is 4. The van der Waals surface area contributed by atoms with E-state index in [1.54, 1.807) is 7.11 Å². The van der Waals surface area contributed by atoms with Gasteiger partial charge in [-0.15, -0.1) is 0 Å². The van der Waals surface area contributed by atoms with Crippen molar-refractivity contribution in [2.24, 2.45) is 5.73 Å². The van der Waals surface area contributed by atoms with Crippen molar-refractivity contribution in [1.29, 1.82) is 0 Å². The normalized spacial score (nSPS) is 25.4. The van der Waals surface area contributed by atoms with E-state index in [1.165, 1.54) is 0 Å². The highest BCUT2D eigenvalue weighted by Gasteiger charge is 2.27. The highest BCUT2D eigenvalue weighted by Crippen LogP contribution is 2.21. The van der Waals surface area contributed by atoms with Crippen LogP contribution in [-0.4, -0.2) is 43.9 Å². The van der Waals surface area contributed by atoms with Crippen LogP contribution < -0.4 is 10.5 Å². The molecule has 4 nitrogen and oxygen atoms in total. The Bertz CT molecular complexity index is 425. The van der Waals surface area contributed by atoms with Crippen LogP contribution in [0.5, 0.6) is 5.75 Å². The second-order valence-corrected chi connectivity index (χ2v) is 5.54. The molecule has 20 heavy (non-hydrogen) atoms. The molecule has 2 N–H and O–H groups in total. The molecule has 0 radical (unpaired) electrons. The van der Waals surface area contributed by atoms with E-state index in [4.69, 9.17) is 15.2 Å². The summed E-state index contributed by atoms with van der Waals surface area (Å²) in [5.41, 5.74) is 7.50. The van der Waals surface area contributed by atoms with Crippen molar-refractivity contribution in [3.63, 3.8) is 0 Å². The van der Waals surface area contributed by atoms with Gasteiger partial charge >= 0.3 is 0 Å². The maximum Gasteiger partial charge on any atom is 0.119 e. The molecular weight excluding hydrogens is 252 g/mol. The highest BCUT2D eigenvalue weighted by atomic mass is 16.5. The second-order valence-electron chi connectivity index (χ2n) is 5.54. The van der Waals surface area contributed by atoms with Crippen molar-refractivity contribution in [3.8, 4) is 5.75 Å². The fourth-order valence-electron chi connectivity index (χ4n) is 2.74. The van der Waals surface area contributed by atoms with E-state index >= 15 is 0 Å². The summed E-state index contributed by atoms with van der Waals surface area (Å²) in [4.78, 5) is 2.46. The van der Waals surface area contributed by atoms with Crippen molar-refractivity contribution in [1.82, 2.24) is 4.90 Å². The number of nitrogens with two attached hydrogens (primary N) is 1. The Kier molecular flexibility index (Phi) is 5.40. The molecule has 4 heteroatoms. The van der Waals surface area contributed by atoms with E-state index in [9.17, 15) is 0 Å². The molecule has 0 aromatic heterocycles. The van der Waals surface area contributed by atoms with E-state index in [-0.39, 0.29) is 12.1 Å². The molecule has 1 aromatic carbocycles. The molecule has 1 aromatic rings. The Balaban J connectivity index is 2.03. The topological polar surface area (TPSA) is 47.7 Å². The van der Waals surface area contributed by atoms with Crippen molar-refractivity contribution in [2.45, 2.75) is 38.5 Å². The first-order valence-corrected chi connectivity index (χ1v) is 7.39. The molecule has 3 atom stereocenters. The number of ether oxygens (including phenoxy) is 2. The van der Waals surface area contributed by atoms with Crippen LogP contribution in [0.25, 0.3) is 0 Å². The lowest BCUT2D eigenvalue weighted by atomic mass is 10.0. The van der Waals surface area contributed by atoms with Crippen LogP contribution in [0.3, 0.4) is 0 Å². The van der Waals surface area contributed by atoms with Crippen LogP contribution in [0.2, 0.25) is 0 Å². The maximum absolute atomic E-state index is 6.37. The van der Waals surface area contributed by atoms with E-state index < -0.39 is 0 Å². The van der Waals surface area contributed by atoms with Crippen molar-refractivity contribution in [2.75, 3.05) is 26.8 Å². The molecule has 1 heterocycles.